The molecule has 0 unspecified atom stereocenters. The molecular weight excluding hydrogens is 398 g/mol. The normalized spacial score (nSPS) is 21.9. The molecule has 8 nitrogen and oxygen atoms in total. The molecule has 0 radical (unpaired) electrons. The van der Waals surface area contributed by atoms with Crippen molar-refractivity contribution < 1.29 is 23.6 Å². The molecule has 0 saturated carbocycles. The zero-order valence-electron chi connectivity index (χ0n) is 15.6. The Balaban J connectivity index is 1.39. The van der Waals surface area contributed by atoms with Crippen LogP contribution in [-0.2, 0) is 25.7 Å². The fourth-order valence-electron chi connectivity index (χ4n) is 3.62. The summed E-state index contributed by atoms with van der Waals surface area (Å²) in [6, 6.07) is 5.92. The first-order valence-corrected chi connectivity index (χ1v) is 9.60. The lowest BCUT2D eigenvalue weighted by atomic mass is 9.85. The second kappa shape index (κ2) is 7.79. The van der Waals surface area contributed by atoms with Crippen molar-refractivity contribution in [1.82, 2.24) is 15.0 Å². The minimum atomic E-state index is -1.02. The van der Waals surface area contributed by atoms with Crippen molar-refractivity contribution in [2.45, 2.75) is 32.4 Å². The lowest BCUT2D eigenvalue weighted by molar-refractivity contribution is -0.159. The summed E-state index contributed by atoms with van der Waals surface area (Å²) in [4.78, 5) is 42.8. The van der Waals surface area contributed by atoms with Crippen molar-refractivity contribution >= 4 is 29.4 Å². The second-order valence-corrected chi connectivity index (χ2v) is 7.44. The van der Waals surface area contributed by atoms with E-state index in [-0.39, 0.29) is 36.1 Å². The van der Waals surface area contributed by atoms with Gasteiger partial charge in [0.25, 0.3) is 5.89 Å². The SMILES string of the molecule is C[C@@H](C(=O)OCc1nc(-c2cccc(Cl)c2)no1)N1C(=O)[C@H]2CC=CC[C@H]2C1=O. The third kappa shape index (κ3) is 3.67. The van der Waals surface area contributed by atoms with Gasteiger partial charge in [-0.25, -0.2) is 4.79 Å². The van der Waals surface area contributed by atoms with Gasteiger partial charge in [-0.05, 0) is 31.9 Å². The number of ether oxygens (including phenoxy) is 1. The lowest BCUT2D eigenvalue weighted by Gasteiger charge is -2.21. The molecule has 2 aliphatic rings. The maximum Gasteiger partial charge on any atom is 0.329 e. The molecule has 9 heteroatoms. The van der Waals surface area contributed by atoms with Gasteiger partial charge in [0.1, 0.15) is 6.04 Å². The summed E-state index contributed by atoms with van der Waals surface area (Å²) in [5.74, 6) is -1.73. The number of hydrogen-bond donors (Lipinski definition) is 0. The highest BCUT2D eigenvalue weighted by atomic mass is 35.5. The monoisotopic (exact) mass is 415 g/mol. The third-order valence-electron chi connectivity index (χ3n) is 5.16. The average molecular weight is 416 g/mol. The number of rotatable bonds is 5. The number of carbonyl (C=O) groups is 3. The van der Waals surface area contributed by atoms with Crippen molar-refractivity contribution in [2.75, 3.05) is 0 Å². The van der Waals surface area contributed by atoms with Crippen LogP contribution in [0.4, 0.5) is 0 Å². The van der Waals surface area contributed by atoms with Crippen molar-refractivity contribution in [3.8, 4) is 11.4 Å². The number of carbonyl (C=O) groups excluding carboxylic acids is 3. The van der Waals surface area contributed by atoms with Crippen LogP contribution in [0.15, 0.2) is 40.9 Å². The largest absolute Gasteiger partial charge is 0.454 e. The topological polar surface area (TPSA) is 103 Å². The van der Waals surface area contributed by atoms with Gasteiger partial charge in [-0.3, -0.25) is 14.5 Å². The Bertz CT molecular complexity index is 976. The summed E-state index contributed by atoms with van der Waals surface area (Å²) >= 11 is 5.95. The number of aromatic nitrogens is 2. The highest BCUT2D eigenvalue weighted by molar-refractivity contribution is 6.30. The van der Waals surface area contributed by atoms with Gasteiger partial charge in [0.2, 0.25) is 17.6 Å². The fourth-order valence-corrected chi connectivity index (χ4v) is 3.82. The van der Waals surface area contributed by atoms with Gasteiger partial charge >= 0.3 is 5.97 Å². The first-order chi connectivity index (χ1) is 14.0. The van der Waals surface area contributed by atoms with Crippen molar-refractivity contribution in [2.24, 2.45) is 11.8 Å². The number of esters is 1. The summed E-state index contributed by atoms with van der Waals surface area (Å²) in [7, 11) is 0. The molecule has 4 rings (SSSR count). The van der Waals surface area contributed by atoms with Gasteiger partial charge in [0.15, 0.2) is 6.61 Å². The van der Waals surface area contributed by atoms with E-state index in [1.165, 1.54) is 6.92 Å². The molecule has 150 valence electrons. The van der Waals surface area contributed by atoms with Gasteiger partial charge in [0.05, 0.1) is 11.8 Å². The molecular formula is C20H18ClN3O5. The molecule has 0 bridgehead atoms. The quantitative estimate of drug-likeness (QED) is 0.420. The standard InChI is InChI=1S/C20H18ClN3O5/c1-11(24-18(25)14-7-2-3-8-15(14)19(24)26)20(27)28-10-16-22-17(23-29-16)12-5-4-6-13(21)9-12/h2-6,9,11,14-15H,7-8,10H2,1H3/t11-,14-,15+/m0/s1. The minimum absolute atomic E-state index is 0.0949. The molecule has 1 aliphatic carbocycles. The van der Waals surface area contributed by atoms with Crippen LogP contribution in [0.5, 0.6) is 0 Å². The van der Waals surface area contributed by atoms with E-state index >= 15 is 0 Å². The van der Waals surface area contributed by atoms with Crippen LogP contribution in [0.2, 0.25) is 5.02 Å². The molecule has 1 saturated heterocycles. The van der Waals surface area contributed by atoms with Crippen molar-refractivity contribution in [3.05, 3.63) is 47.3 Å². The van der Waals surface area contributed by atoms with Crippen LogP contribution in [0.25, 0.3) is 11.4 Å². The fraction of sp³-hybridized carbons (Fsp3) is 0.350. The van der Waals surface area contributed by atoms with E-state index < -0.39 is 12.0 Å². The van der Waals surface area contributed by atoms with Crippen LogP contribution >= 0.6 is 11.6 Å². The van der Waals surface area contributed by atoms with E-state index in [0.717, 1.165) is 4.90 Å². The van der Waals surface area contributed by atoms with E-state index in [9.17, 15) is 14.4 Å². The summed E-state index contributed by atoms with van der Waals surface area (Å²) < 4.78 is 10.3. The average Bonchev–Trinajstić information content (AvgIpc) is 3.29. The number of hydrogen-bond acceptors (Lipinski definition) is 7. The van der Waals surface area contributed by atoms with Gasteiger partial charge in [-0.2, -0.15) is 4.98 Å². The Morgan fingerprint density at radius 2 is 1.97 bits per heavy atom. The molecule has 0 N–H and O–H groups in total. The summed E-state index contributed by atoms with van der Waals surface area (Å²) in [6.45, 7) is 1.22. The Morgan fingerprint density at radius 1 is 1.28 bits per heavy atom. The highest BCUT2D eigenvalue weighted by Crippen LogP contribution is 2.36. The van der Waals surface area contributed by atoms with Gasteiger partial charge in [0, 0.05) is 10.6 Å². The molecule has 1 aromatic carbocycles. The molecule has 1 aliphatic heterocycles. The number of fused-ring (bicyclic) bond motifs is 1. The van der Waals surface area contributed by atoms with Crippen LogP contribution < -0.4 is 0 Å². The molecule has 1 aromatic heterocycles. The van der Waals surface area contributed by atoms with Crippen LogP contribution in [-0.4, -0.2) is 38.9 Å². The van der Waals surface area contributed by atoms with E-state index in [4.69, 9.17) is 20.9 Å². The predicted molar refractivity (Wildman–Crippen MR) is 101 cm³/mol. The molecule has 3 atom stereocenters. The van der Waals surface area contributed by atoms with Gasteiger partial charge in [-0.15, -0.1) is 0 Å². The van der Waals surface area contributed by atoms with E-state index in [2.05, 4.69) is 10.1 Å². The van der Waals surface area contributed by atoms with Crippen molar-refractivity contribution in [1.29, 1.82) is 0 Å². The molecule has 0 spiro atoms. The smallest absolute Gasteiger partial charge is 0.329 e. The second-order valence-electron chi connectivity index (χ2n) is 7.01. The maximum absolute atomic E-state index is 12.6. The molecule has 2 aromatic rings. The summed E-state index contributed by atoms with van der Waals surface area (Å²) in [5, 5.41) is 4.37. The van der Waals surface area contributed by atoms with E-state index in [1.54, 1.807) is 24.3 Å². The van der Waals surface area contributed by atoms with Crippen LogP contribution in [0.3, 0.4) is 0 Å². The first kappa shape index (κ1) is 19.3. The van der Waals surface area contributed by atoms with Gasteiger partial charge in [-0.1, -0.05) is 41.0 Å². The predicted octanol–water partition coefficient (Wildman–Crippen LogP) is 2.77. The van der Waals surface area contributed by atoms with Crippen LogP contribution in [0.1, 0.15) is 25.7 Å². The maximum atomic E-state index is 12.6. The number of halogens is 1. The molecule has 2 heterocycles. The molecule has 1 fully saturated rings. The first-order valence-electron chi connectivity index (χ1n) is 9.23. The van der Waals surface area contributed by atoms with Crippen molar-refractivity contribution in [3.63, 3.8) is 0 Å². The number of likely N-dealkylation sites (tertiary alicyclic amines) is 1. The van der Waals surface area contributed by atoms with Gasteiger partial charge < -0.3 is 9.26 Å². The number of amides is 2. The zero-order valence-corrected chi connectivity index (χ0v) is 16.3. The molecule has 29 heavy (non-hydrogen) atoms. The Hall–Kier alpha value is -3.00. The summed E-state index contributed by atoms with van der Waals surface area (Å²) in [5.41, 5.74) is 0.664. The van der Waals surface area contributed by atoms with E-state index in [1.807, 2.05) is 12.2 Å². The zero-order chi connectivity index (χ0) is 20.5. The molecule has 2 amide bonds. The third-order valence-corrected chi connectivity index (χ3v) is 5.39. The Morgan fingerprint density at radius 3 is 2.62 bits per heavy atom. The lowest BCUT2D eigenvalue weighted by Crippen LogP contribution is -2.44. The van der Waals surface area contributed by atoms with E-state index in [0.29, 0.717) is 29.3 Å². The highest BCUT2D eigenvalue weighted by Gasteiger charge is 2.50. The number of allylic oxidation sites excluding steroid dienone is 2. The number of benzene rings is 1. The minimum Gasteiger partial charge on any atom is -0.454 e. The Kier molecular flexibility index (Phi) is 5.19. The Labute approximate surface area is 171 Å². The summed E-state index contributed by atoms with van der Waals surface area (Å²) in [6.07, 6.45) is 4.82. The number of nitrogens with zero attached hydrogens (tertiary/aromatic N) is 3. The van der Waals surface area contributed by atoms with Crippen LogP contribution in [0, 0.1) is 11.8 Å². The number of imide groups is 1.